The van der Waals surface area contributed by atoms with Crippen molar-refractivity contribution in [3.63, 3.8) is 0 Å². The van der Waals surface area contributed by atoms with Crippen LogP contribution in [0.25, 0.3) is 0 Å². The summed E-state index contributed by atoms with van der Waals surface area (Å²) in [6.45, 7) is 13.4. The van der Waals surface area contributed by atoms with Crippen LogP contribution in [0, 0.1) is 0 Å². The van der Waals surface area contributed by atoms with E-state index >= 15 is 0 Å². The van der Waals surface area contributed by atoms with Gasteiger partial charge in [-0.3, -0.25) is 0 Å². The molecule has 0 radical (unpaired) electrons. The Balaban J connectivity index is 0. The Morgan fingerprint density at radius 3 is 1.25 bits per heavy atom. The molecule has 0 heterocycles. The smallest absolute Gasteiger partial charge is 0.0957 e. The van der Waals surface area contributed by atoms with Gasteiger partial charge in [0.05, 0.1) is 19.6 Å². The van der Waals surface area contributed by atoms with Gasteiger partial charge < -0.3 is 21.9 Å². The summed E-state index contributed by atoms with van der Waals surface area (Å²) >= 11 is 0. The van der Waals surface area contributed by atoms with Gasteiger partial charge in [-0.15, -0.1) is 0 Å². The van der Waals surface area contributed by atoms with Crippen molar-refractivity contribution in [2.24, 2.45) is 0 Å². The quantitative estimate of drug-likeness (QED) is 0.250. The zero-order valence-electron chi connectivity index (χ0n) is 16.5. The monoisotopic (exact) mass is 401 g/mol. The van der Waals surface area contributed by atoms with Gasteiger partial charge >= 0.3 is 0 Å². The SMILES string of the molecule is C=CC[NH+](CC=C)CCCCCCCCCCCCCCCC.[Br-]. The summed E-state index contributed by atoms with van der Waals surface area (Å²) in [7, 11) is 0. The molecule has 0 aromatic carbocycles. The van der Waals surface area contributed by atoms with E-state index in [1.807, 2.05) is 12.2 Å². The van der Waals surface area contributed by atoms with Crippen LogP contribution in [0.15, 0.2) is 25.3 Å². The third kappa shape index (κ3) is 20.0. The van der Waals surface area contributed by atoms with Crippen LogP contribution in [-0.4, -0.2) is 19.6 Å². The summed E-state index contributed by atoms with van der Waals surface area (Å²) in [5, 5.41) is 0. The minimum Gasteiger partial charge on any atom is -1.00 e. The molecule has 0 saturated carbocycles. The Bertz CT molecular complexity index is 242. The van der Waals surface area contributed by atoms with Crippen LogP contribution in [0.1, 0.15) is 96.8 Å². The van der Waals surface area contributed by atoms with Gasteiger partial charge in [-0.1, -0.05) is 97.1 Å². The molecule has 0 aromatic heterocycles. The van der Waals surface area contributed by atoms with E-state index in [0.29, 0.717) is 0 Å². The maximum atomic E-state index is 3.85. The second kappa shape index (κ2) is 22.9. The van der Waals surface area contributed by atoms with E-state index in [1.165, 1.54) is 96.4 Å². The predicted octanol–water partition coefficient (Wildman–Crippen LogP) is 2.73. The fraction of sp³-hybridized carbons (Fsp3) is 0.818. The molecule has 0 bridgehead atoms. The molecular formula is C22H44BrN. The minimum atomic E-state index is 0. The Morgan fingerprint density at radius 2 is 0.917 bits per heavy atom. The zero-order chi connectivity index (χ0) is 17.0. The van der Waals surface area contributed by atoms with Crippen molar-refractivity contribution in [3.05, 3.63) is 25.3 Å². The van der Waals surface area contributed by atoms with Crippen LogP contribution >= 0.6 is 0 Å². The first-order valence-electron chi connectivity index (χ1n) is 10.4. The topological polar surface area (TPSA) is 4.44 Å². The van der Waals surface area contributed by atoms with Crippen LogP contribution < -0.4 is 21.9 Å². The van der Waals surface area contributed by atoms with E-state index in [4.69, 9.17) is 0 Å². The normalized spacial score (nSPS) is 10.6. The van der Waals surface area contributed by atoms with E-state index in [1.54, 1.807) is 4.90 Å². The number of hydrogen-bond donors (Lipinski definition) is 1. The van der Waals surface area contributed by atoms with Gasteiger partial charge in [0.2, 0.25) is 0 Å². The van der Waals surface area contributed by atoms with Gasteiger partial charge in [0.15, 0.2) is 0 Å². The molecule has 1 N–H and O–H groups in total. The molecular weight excluding hydrogens is 358 g/mol. The van der Waals surface area contributed by atoms with Gasteiger partial charge in [0.1, 0.15) is 0 Å². The highest BCUT2D eigenvalue weighted by Crippen LogP contribution is 2.12. The van der Waals surface area contributed by atoms with Crippen molar-refractivity contribution in [1.29, 1.82) is 0 Å². The second-order valence-corrected chi connectivity index (χ2v) is 7.08. The third-order valence-electron chi connectivity index (χ3n) is 4.75. The van der Waals surface area contributed by atoms with Crippen LogP contribution in [-0.2, 0) is 0 Å². The second-order valence-electron chi connectivity index (χ2n) is 7.08. The van der Waals surface area contributed by atoms with E-state index in [-0.39, 0.29) is 17.0 Å². The number of unbranched alkanes of at least 4 members (excludes halogenated alkanes) is 13. The molecule has 144 valence electrons. The lowest BCUT2D eigenvalue weighted by atomic mass is 10.0. The van der Waals surface area contributed by atoms with Crippen molar-refractivity contribution in [3.8, 4) is 0 Å². The minimum absolute atomic E-state index is 0. The maximum Gasteiger partial charge on any atom is 0.0957 e. The van der Waals surface area contributed by atoms with E-state index in [2.05, 4.69) is 20.1 Å². The average molecular weight is 403 g/mol. The molecule has 0 aromatic rings. The number of quaternary nitrogens is 1. The van der Waals surface area contributed by atoms with Crippen LogP contribution in [0.2, 0.25) is 0 Å². The first-order valence-corrected chi connectivity index (χ1v) is 10.4. The summed E-state index contributed by atoms with van der Waals surface area (Å²) in [5.74, 6) is 0. The Hall–Kier alpha value is -0.0800. The lowest BCUT2D eigenvalue weighted by Crippen LogP contribution is -3.11. The van der Waals surface area contributed by atoms with Crippen LogP contribution in [0.4, 0.5) is 0 Å². The average Bonchev–Trinajstić information content (AvgIpc) is 2.55. The lowest BCUT2D eigenvalue weighted by Gasteiger charge is -2.15. The molecule has 0 atom stereocenters. The van der Waals surface area contributed by atoms with Crippen molar-refractivity contribution in [1.82, 2.24) is 0 Å². The molecule has 0 saturated heterocycles. The third-order valence-corrected chi connectivity index (χ3v) is 4.75. The van der Waals surface area contributed by atoms with Crippen LogP contribution in [0.5, 0.6) is 0 Å². The lowest BCUT2D eigenvalue weighted by molar-refractivity contribution is -0.888. The van der Waals surface area contributed by atoms with Crippen molar-refractivity contribution in [2.45, 2.75) is 96.8 Å². The molecule has 0 aliphatic carbocycles. The molecule has 0 amide bonds. The highest BCUT2D eigenvalue weighted by Gasteiger charge is 2.03. The Morgan fingerprint density at radius 1 is 0.583 bits per heavy atom. The fourth-order valence-electron chi connectivity index (χ4n) is 3.27. The number of hydrogen-bond acceptors (Lipinski definition) is 0. The van der Waals surface area contributed by atoms with Gasteiger partial charge in [-0.05, 0) is 25.0 Å². The highest BCUT2D eigenvalue weighted by molar-refractivity contribution is 4.67. The number of halogens is 1. The van der Waals surface area contributed by atoms with Crippen molar-refractivity contribution in [2.75, 3.05) is 19.6 Å². The standard InChI is InChI=1S/C22H43N.BrH/c1-4-7-8-9-10-11-12-13-14-15-16-17-18-19-22-23(20-5-2)21-6-3;/h5-6H,2-4,7-22H2,1H3;1H. The molecule has 0 spiro atoms. The zero-order valence-corrected chi connectivity index (χ0v) is 18.1. The highest BCUT2D eigenvalue weighted by atomic mass is 79.9. The molecule has 24 heavy (non-hydrogen) atoms. The summed E-state index contributed by atoms with van der Waals surface area (Å²) in [5.41, 5.74) is 0. The van der Waals surface area contributed by atoms with Gasteiger partial charge in [0, 0.05) is 0 Å². The van der Waals surface area contributed by atoms with E-state index in [0.717, 1.165) is 13.1 Å². The van der Waals surface area contributed by atoms with Gasteiger partial charge in [-0.2, -0.15) is 0 Å². The molecule has 0 rings (SSSR count). The molecule has 0 fully saturated rings. The number of rotatable bonds is 19. The molecule has 1 nitrogen and oxygen atoms in total. The molecule has 0 unspecified atom stereocenters. The van der Waals surface area contributed by atoms with Crippen molar-refractivity contribution < 1.29 is 21.9 Å². The van der Waals surface area contributed by atoms with E-state index in [9.17, 15) is 0 Å². The number of nitrogens with one attached hydrogen (secondary N) is 1. The van der Waals surface area contributed by atoms with Crippen LogP contribution in [0.3, 0.4) is 0 Å². The molecule has 0 aliphatic heterocycles. The molecule has 0 aliphatic rings. The summed E-state index contributed by atoms with van der Waals surface area (Å²) in [4.78, 5) is 1.61. The fourth-order valence-corrected chi connectivity index (χ4v) is 3.27. The van der Waals surface area contributed by atoms with Gasteiger partial charge in [-0.25, -0.2) is 0 Å². The first-order chi connectivity index (χ1) is 11.3. The first kappa shape index (κ1) is 26.2. The van der Waals surface area contributed by atoms with Crippen molar-refractivity contribution >= 4 is 0 Å². The predicted molar refractivity (Wildman–Crippen MR) is 106 cm³/mol. The summed E-state index contributed by atoms with van der Waals surface area (Å²) in [6.07, 6.45) is 24.2. The summed E-state index contributed by atoms with van der Waals surface area (Å²) in [6, 6.07) is 0. The summed E-state index contributed by atoms with van der Waals surface area (Å²) < 4.78 is 0. The largest absolute Gasteiger partial charge is 1.00 e. The van der Waals surface area contributed by atoms with Gasteiger partial charge in [0.25, 0.3) is 0 Å². The van der Waals surface area contributed by atoms with E-state index < -0.39 is 0 Å². The Kier molecular flexibility index (Phi) is 25.0. The molecule has 2 heteroatoms. The maximum absolute atomic E-state index is 3.85. The Labute approximate surface area is 163 Å².